The molecule has 0 aliphatic rings. The molecule has 0 spiro atoms. The minimum atomic E-state index is 0.367. The van der Waals surface area contributed by atoms with Crippen LogP contribution in [0.4, 0.5) is 0 Å². The third-order valence-corrected chi connectivity index (χ3v) is 4.28. The van der Waals surface area contributed by atoms with Crippen LogP contribution >= 0.6 is 0 Å². The van der Waals surface area contributed by atoms with Crippen molar-refractivity contribution in [1.29, 1.82) is 0 Å². The quantitative estimate of drug-likeness (QED) is 0.472. The summed E-state index contributed by atoms with van der Waals surface area (Å²) in [6.07, 6.45) is 1.99. The van der Waals surface area contributed by atoms with Crippen LogP contribution in [-0.2, 0) is 13.0 Å². The molecule has 2 nitrogen and oxygen atoms in total. The van der Waals surface area contributed by atoms with Crippen LogP contribution in [0.25, 0.3) is 0 Å². The molecule has 3 aromatic carbocycles. The Hall–Kier alpha value is -2.87. The van der Waals surface area contributed by atoms with Gasteiger partial charge in [-0.25, -0.2) is 0 Å². The molecule has 3 aromatic rings. The molecule has 0 saturated carbocycles. The molecule has 0 aliphatic carbocycles. The maximum absolute atomic E-state index is 10.9. The van der Waals surface area contributed by atoms with E-state index < -0.39 is 0 Å². The van der Waals surface area contributed by atoms with Gasteiger partial charge in [-0.3, -0.25) is 4.79 Å². The molecule has 0 fully saturated rings. The van der Waals surface area contributed by atoms with Crippen LogP contribution in [0, 0.1) is 0 Å². The zero-order valence-electron chi connectivity index (χ0n) is 16.4. The predicted molar refractivity (Wildman–Crippen MR) is 113 cm³/mol. The van der Waals surface area contributed by atoms with Gasteiger partial charge in [-0.1, -0.05) is 93.6 Å². The Balaban J connectivity index is 0.000000273. The molecule has 3 rings (SSSR count). The second-order valence-corrected chi connectivity index (χ2v) is 6.68. The molecule has 0 amide bonds. The molecule has 0 atom stereocenters. The number of rotatable bonds is 6. The van der Waals surface area contributed by atoms with Crippen LogP contribution in [0.3, 0.4) is 0 Å². The number of ether oxygens (including phenoxy) is 1. The molecular weight excluding hydrogens is 332 g/mol. The first-order valence-corrected chi connectivity index (χ1v) is 9.43. The Labute approximate surface area is 162 Å². The summed E-state index contributed by atoms with van der Waals surface area (Å²) in [5.74, 6) is 1.16. The van der Waals surface area contributed by atoms with Gasteiger partial charge in [0.2, 0.25) is 0 Å². The van der Waals surface area contributed by atoms with E-state index >= 15 is 0 Å². The lowest BCUT2D eigenvalue weighted by atomic mass is 10.0. The molecule has 0 saturated heterocycles. The molecule has 2 heteroatoms. The highest BCUT2D eigenvalue weighted by Gasteiger charge is 2.09. The molecule has 0 N–H and O–H groups in total. The minimum absolute atomic E-state index is 0.367. The van der Waals surface area contributed by atoms with Gasteiger partial charge in [0.1, 0.15) is 18.6 Å². The fourth-order valence-corrected chi connectivity index (χ4v) is 2.68. The molecular formula is C25H28O2. The zero-order chi connectivity index (χ0) is 19.5. The summed E-state index contributed by atoms with van der Waals surface area (Å²) in [4.78, 5) is 10.9. The van der Waals surface area contributed by atoms with Crippen molar-refractivity contribution in [2.45, 2.75) is 39.7 Å². The van der Waals surface area contributed by atoms with Crippen LogP contribution in [-0.4, -0.2) is 6.29 Å². The first-order chi connectivity index (χ1) is 13.1. The molecule has 0 aliphatic heterocycles. The van der Waals surface area contributed by atoms with Gasteiger partial charge >= 0.3 is 0 Å². The van der Waals surface area contributed by atoms with Crippen molar-refractivity contribution in [3.63, 3.8) is 0 Å². The van der Waals surface area contributed by atoms with E-state index in [-0.39, 0.29) is 0 Å². The van der Waals surface area contributed by atoms with E-state index in [0.29, 0.717) is 18.1 Å². The topological polar surface area (TPSA) is 26.3 Å². The van der Waals surface area contributed by atoms with Gasteiger partial charge in [0, 0.05) is 5.56 Å². The Bertz CT molecular complexity index is 808. The van der Waals surface area contributed by atoms with E-state index in [4.69, 9.17) is 4.74 Å². The Morgan fingerprint density at radius 1 is 0.852 bits per heavy atom. The highest BCUT2D eigenvalue weighted by molar-refractivity contribution is 5.76. The molecule has 27 heavy (non-hydrogen) atoms. The summed E-state index contributed by atoms with van der Waals surface area (Å²) in [5.41, 5.74) is 4.30. The van der Waals surface area contributed by atoms with E-state index in [1.54, 1.807) is 0 Å². The van der Waals surface area contributed by atoms with Crippen LogP contribution in [0.1, 0.15) is 53.7 Å². The highest BCUT2D eigenvalue weighted by Crippen LogP contribution is 2.28. The third kappa shape index (κ3) is 6.74. The Kier molecular flexibility index (Phi) is 8.31. The molecule has 0 radical (unpaired) electrons. The first-order valence-electron chi connectivity index (χ1n) is 9.43. The van der Waals surface area contributed by atoms with Gasteiger partial charge in [-0.05, 0) is 35.1 Å². The van der Waals surface area contributed by atoms with Crippen molar-refractivity contribution in [3.8, 4) is 5.75 Å². The lowest BCUT2D eigenvalue weighted by Gasteiger charge is -2.14. The monoisotopic (exact) mass is 360 g/mol. The number of hydrogen-bond acceptors (Lipinski definition) is 2. The van der Waals surface area contributed by atoms with E-state index in [9.17, 15) is 4.79 Å². The summed E-state index contributed by atoms with van der Waals surface area (Å²) < 4.78 is 5.87. The van der Waals surface area contributed by atoms with Crippen LogP contribution in [0.5, 0.6) is 5.75 Å². The van der Waals surface area contributed by atoms with Gasteiger partial charge in [0.25, 0.3) is 0 Å². The van der Waals surface area contributed by atoms with E-state index in [1.807, 2.05) is 54.6 Å². The van der Waals surface area contributed by atoms with Crippen molar-refractivity contribution in [2.75, 3.05) is 0 Å². The van der Waals surface area contributed by atoms with E-state index in [0.717, 1.165) is 29.6 Å². The molecule has 0 bridgehead atoms. The largest absolute Gasteiger partial charge is 0.489 e. The predicted octanol–water partition coefficient (Wildman–Crippen LogP) is 6.45. The smallest absolute Gasteiger partial charge is 0.150 e. The normalized spacial score (nSPS) is 10.1. The average Bonchev–Trinajstić information content (AvgIpc) is 2.73. The summed E-state index contributed by atoms with van der Waals surface area (Å²) >= 11 is 0. The minimum Gasteiger partial charge on any atom is -0.489 e. The third-order valence-electron chi connectivity index (χ3n) is 4.28. The van der Waals surface area contributed by atoms with Gasteiger partial charge in [-0.15, -0.1) is 0 Å². The SMILES string of the molecule is CC(C)c1ccc(C=O)cc1OCc1ccccc1.CCc1ccccc1. The lowest BCUT2D eigenvalue weighted by molar-refractivity contribution is 0.112. The number of carbonyl (C=O) groups is 1. The van der Waals surface area contributed by atoms with Crippen LogP contribution in [0.2, 0.25) is 0 Å². The number of benzene rings is 3. The maximum atomic E-state index is 10.9. The Morgan fingerprint density at radius 2 is 1.44 bits per heavy atom. The van der Waals surface area contributed by atoms with E-state index in [2.05, 4.69) is 45.0 Å². The zero-order valence-corrected chi connectivity index (χ0v) is 16.4. The summed E-state index contributed by atoms with van der Waals surface area (Å²) in [6, 6.07) is 26.1. The van der Waals surface area contributed by atoms with Crippen molar-refractivity contribution >= 4 is 6.29 Å². The number of hydrogen-bond donors (Lipinski definition) is 0. The van der Waals surface area contributed by atoms with Gasteiger partial charge in [-0.2, -0.15) is 0 Å². The van der Waals surface area contributed by atoms with Gasteiger partial charge in [0.05, 0.1) is 0 Å². The average molecular weight is 360 g/mol. The second-order valence-electron chi connectivity index (χ2n) is 6.68. The van der Waals surface area contributed by atoms with Crippen LogP contribution < -0.4 is 4.74 Å². The number of aldehydes is 1. The van der Waals surface area contributed by atoms with Crippen molar-refractivity contribution in [1.82, 2.24) is 0 Å². The lowest BCUT2D eigenvalue weighted by Crippen LogP contribution is -2.00. The van der Waals surface area contributed by atoms with Gasteiger partial charge in [0.15, 0.2) is 0 Å². The highest BCUT2D eigenvalue weighted by atomic mass is 16.5. The summed E-state index contributed by atoms with van der Waals surface area (Å²) in [5, 5.41) is 0. The fraction of sp³-hybridized carbons (Fsp3) is 0.240. The van der Waals surface area contributed by atoms with Crippen LogP contribution in [0.15, 0.2) is 78.9 Å². The summed E-state index contributed by atoms with van der Waals surface area (Å²) in [6.45, 7) is 6.91. The molecule has 140 valence electrons. The molecule has 0 heterocycles. The molecule has 0 aromatic heterocycles. The fourth-order valence-electron chi connectivity index (χ4n) is 2.68. The van der Waals surface area contributed by atoms with E-state index in [1.165, 1.54) is 5.56 Å². The molecule has 0 unspecified atom stereocenters. The number of carbonyl (C=O) groups excluding carboxylic acids is 1. The Morgan fingerprint density at radius 3 is 1.93 bits per heavy atom. The van der Waals surface area contributed by atoms with Crippen molar-refractivity contribution < 1.29 is 9.53 Å². The van der Waals surface area contributed by atoms with Crippen molar-refractivity contribution in [2.24, 2.45) is 0 Å². The first kappa shape index (κ1) is 20.4. The van der Waals surface area contributed by atoms with Crippen molar-refractivity contribution in [3.05, 3.63) is 101 Å². The standard InChI is InChI=1S/C17H18O2.C8H10/c1-13(2)16-9-8-15(11-18)10-17(16)19-12-14-6-4-3-5-7-14;1-2-8-6-4-3-5-7-8/h3-11,13H,12H2,1-2H3;3-7H,2H2,1H3. The summed E-state index contributed by atoms with van der Waals surface area (Å²) in [7, 11) is 0. The maximum Gasteiger partial charge on any atom is 0.150 e. The van der Waals surface area contributed by atoms with Gasteiger partial charge < -0.3 is 4.74 Å². The number of aryl methyl sites for hydroxylation is 1. The second kappa shape index (κ2) is 11.0.